The molecule has 0 atom stereocenters. The van der Waals surface area contributed by atoms with Gasteiger partial charge in [0.2, 0.25) is 0 Å². The molecule has 6 nitrogen and oxygen atoms in total. The van der Waals surface area contributed by atoms with E-state index in [-0.39, 0.29) is 5.91 Å². The van der Waals surface area contributed by atoms with Crippen LogP contribution in [0.3, 0.4) is 0 Å². The molecule has 8 heteroatoms. The number of para-hydroxylation sites is 1. The zero-order chi connectivity index (χ0) is 19.8. The predicted octanol–water partition coefficient (Wildman–Crippen LogP) is 4.23. The number of nitrogens with zero attached hydrogens (tertiary/aromatic N) is 1. The Morgan fingerprint density at radius 2 is 1.89 bits per heavy atom. The van der Waals surface area contributed by atoms with Crippen LogP contribution in [0.1, 0.15) is 15.2 Å². The number of benzene rings is 2. The van der Waals surface area contributed by atoms with Crippen molar-refractivity contribution in [2.45, 2.75) is 6.54 Å². The predicted molar refractivity (Wildman–Crippen MR) is 112 cm³/mol. The number of aromatic nitrogens is 1. The van der Waals surface area contributed by atoms with E-state index in [1.165, 1.54) is 11.3 Å². The van der Waals surface area contributed by atoms with Gasteiger partial charge in [-0.3, -0.25) is 4.79 Å². The van der Waals surface area contributed by atoms with Gasteiger partial charge in [0.25, 0.3) is 5.91 Å². The number of ether oxygens (including phenoxy) is 2. The molecule has 1 aromatic heterocycles. The second-order valence-corrected chi connectivity index (χ2v) is 7.46. The number of carbonyl (C=O) groups excluding carboxylic acids is 1. The van der Waals surface area contributed by atoms with Crippen molar-refractivity contribution >= 4 is 34.5 Å². The maximum Gasteiger partial charge on any atom is 0.253 e. The number of halogens is 1. The summed E-state index contributed by atoms with van der Waals surface area (Å²) in [4.78, 5) is 17.5. The summed E-state index contributed by atoms with van der Waals surface area (Å²) in [6.45, 7) is 1.31. The van der Waals surface area contributed by atoms with Crippen molar-refractivity contribution < 1.29 is 14.3 Å². The number of carbonyl (C=O) groups is 1. The van der Waals surface area contributed by atoms with Gasteiger partial charge in [0.05, 0.1) is 25.8 Å². The Kier molecular flexibility index (Phi) is 7.11. The summed E-state index contributed by atoms with van der Waals surface area (Å²) >= 11 is 7.26. The molecule has 0 saturated carbocycles. The van der Waals surface area contributed by atoms with Gasteiger partial charge in [-0.1, -0.05) is 23.7 Å². The van der Waals surface area contributed by atoms with E-state index in [9.17, 15) is 4.79 Å². The number of thiazole rings is 1. The first-order chi connectivity index (χ1) is 13.7. The highest BCUT2D eigenvalue weighted by atomic mass is 35.5. The van der Waals surface area contributed by atoms with Gasteiger partial charge in [-0.25, -0.2) is 4.98 Å². The number of methoxy groups -OCH3 is 1. The topological polar surface area (TPSA) is 72.5 Å². The van der Waals surface area contributed by atoms with E-state index in [4.69, 9.17) is 21.1 Å². The van der Waals surface area contributed by atoms with Crippen LogP contribution in [0.25, 0.3) is 0 Å². The normalized spacial score (nSPS) is 10.4. The maximum atomic E-state index is 12.5. The quantitative estimate of drug-likeness (QED) is 0.510. The Morgan fingerprint density at radius 1 is 1.14 bits per heavy atom. The van der Waals surface area contributed by atoms with E-state index in [0.29, 0.717) is 29.7 Å². The van der Waals surface area contributed by atoms with Gasteiger partial charge in [0.1, 0.15) is 18.1 Å². The fourth-order valence-corrected chi connectivity index (χ4v) is 3.40. The molecule has 0 radical (unpaired) electrons. The van der Waals surface area contributed by atoms with Crippen molar-refractivity contribution in [1.82, 2.24) is 10.3 Å². The van der Waals surface area contributed by atoms with Gasteiger partial charge >= 0.3 is 0 Å². The molecule has 0 spiro atoms. The smallest absolute Gasteiger partial charge is 0.253 e. The molecular weight excluding hydrogens is 398 g/mol. The molecule has 2 N–H and O–H groups in total. The molecule has 146 valence electrons. The SMILES string of the molecule is COc1ccc(OCCNC(=O)c2ccccc2NCc2cnc(Cl)s2)cc1. The summed E-state index contributed by atoms with van der Waals surface area (Å²) in [5, 5.41) is 6.13. The van der Waals surface area contributed by atoms with E-state index in [0.717, 1.165) is 22.1 Å². The van der Waals surface area contributed by atoms with Gasteiger partial charge in [0, 0.05) is 16.8 Å². The van der Waals surface area contributed by atoms with Crippen LogP contribution >= 0.6 is 22.9 Å². The van der Waals surface area contributed by atoms with Gasteiger partial charge in [-0.15, -0.1) is 11.3 Å². The van der Waals surface area contributed by atoms with E-state index in [2.05, 4.69) is 15.6 Å². The number of hydrogen-bond donors (Lipinski definition) is 2. The molecule has 2 aromatic carbocycles. The molecule has 3 aromatic rings. The van der Waals surface area contributed by atoms with E-state index < -0.39 is 0 Å². The van der Waals surface area contributed by atoms with Gasteiger partial charge in [-0.05, 0) is 36.4 Å². The minimum Gasteiger partial charge on any atom is -0.497 e. The molecule has 0 bridgehead atoms. The Bertz CT molecular complexity index is 915. The number of anilines is 1. The van der Waals surface area contributed by atoms with Crippen molar-refractivity contribution in [1.29, 1.82) is 0 Å². The van der Waals surface area contributed by atoms with Crippen LogP contribution in [0.5, 0.6) is 11.5 Å². The lowest BCUT2D eigenvalue weighted by molar-refractivity contribution is 0.0948. The van der Waals surface area contributed by atoms with E-state index in [1.807, 2.05) is 42.5 Å². The summed E-state index contributed by atoms with van der Waals surface area (Å²) in [7, 11) is 1.62. The second-order valence-electron chi connectivity index (χ2n) is 5.76. The van der Waals surface area contributed by atoms with Gasteiger partial charge in [-0.2, -0.15) is 0 Å². The van der Waals surface area contributed by atoms with Crippen molar-refractivity contribution in [3.63, 3.8) is 0 Å². The number of amides is 1. The fraction of sp³-hybridized carbons (Fsp3) is 0.200. The Hall–Kier alpha value is -2.77. The zero-order valence-electron chi connectivity index (χ0n) is 15.3. The van der Waals surface area contributed by atoms with Crippen LogP contribution in [0.4, 0.5) is 5.69 Å². The molecular formula is C20H20ClN3O3S. The third-order valence-corrected chi connectivity index (χ3v) is 4.98. The monoisotopic (exact) mass is 417 g/mol. The molecule has 1 amide bonds. The highest BCUT2D eigenvalue weighted by molar-refractivity contribution is 7.15. The van der Waals surface area contributed by atoms with Gasteiger partial charge in [0.15, 0.2) is 4.47 Å². The zero-order valence-corrected chi connectivity index (χ0v) is 16.8. The van der Waals surface area contributed by atoms with Crippen LogP contribution in [-0.4, -0.2) is 31.2 Å². The van der Waals surface area contributed by atoms with Crippen molar-refractivity contribution in [3.05, 3.63) is 69.6 Å². The highest BCUT2D eigenvalue weighted by Crippen LogP contribution is 2.21. The third-order valence-electron chi connectivity index (χ3n) is 3.87. The molecule has 0 fully saturated rings. The van der Waals surface area contributed by atoms with Crippen molar-refractivity contribution in [3.8, 4) is 11.5 Å². The number of nitrogens with one attached hydrogen (secondary N) is 2. The summed E-state index contributed by atoms with van der Waals surface area (Å²) in [5.74, 6) is 1.33. The number of hydrogen-bond acceptors (Lipinski definition) is 6. The third kappa shape index (κ3) is 5.61. The Morgan fingerprint density at radius 3 is 2.61 bits per heavy atom. The highest BCUT2D eigenvalue weighted by Gasteiger charge is 2.11. The molecule has 0 unspecified atom stereocenters. The average molecular weight is 418 g/mol. The minimum absolute atomic E-state index is 0.163. The van der Waals surface area contributed by atoms with Crippen LogP contribution in [0, 0.1) is 0 Å². The molecule has 0 aliphatic rings. The lowest BCUT2D eigenvalue weighted by Gasteiger charge is -2.12. The summed E-state index contributed by atoms with van der Waals surface area (Å²) in [6.07, 6.45) is 1.72. The maximum absolute atomic E-state index is 12.5. The van der Waals surface area contributed by atoms with Crippen molar-refractivity contribution in [2.75, 3.05) is 25.6 Å². The van der Waals surface area contributed by atoms with Gasteiger partial charge < -0.3 is 20.1 Å². The first-order valence-electron chi connectivity index (χ1n) is 8.64. The Labute approximate surface area is 172 Å². The molecule has 3 rings (SSSR count). The number of rotatable bonds is 9. The molecule has 1 heterocycles. The average Bonchev–Trinajstić information content (AvgIpc) is 3.15. The van der Waals surface area contributed by atoms with Crippen LogP contribution in [0.15, 0.2) is 54.7 Å². The summed E-state index contributed by atoms with van der Waals surface area (Å²) in [5.41, 5.74) is 1.32. The lowest BCUT2D eigenvalue weighted by atomic mass is 10.1. The largest absolute Gasteiger partial charge is 0.497 e. The molecule has 28 heavy (non-hydrogen) atoms. The molecule has 0 saturated heterocycles. The van der Waals surface area contributed by atoms with E-state index >= 15 is 0 Å². The minimum atomic E-state index is -0.163. The van der Waals surface area contributed by atoms with Crippen LogP contribution in [-0.2, 0) is 6.54 Å². The van der Waals surface area contributed by atoms with Crippen molar-refractivity contribution in [2.24, 2.45) is 0 Å². The Balaban J connectivity index is 1.49. The second kappa shape index (κ2) is 9.96. The molecule has 0 aliphatic heterocycles. The van der Waals surface area contributed by atoms with E-state index in [1.54, 1.807) is 19.4 Å². The standard InChI is InChI=1S/C20H20ClN3O3S/c1-26-14-6-8-15(9-7-14)27-11-10-22-19(25)17-4-2-3-5-18(17)23-12-16-13-24-20(21)28-16/h2-9,13,23H,10-12H2,1H3,(H,22,25). The summed E-state index contributed by atoms with van der Waals surface area (Å²) < 4.78 is 11.2. The first-order valence-corrected chi connectivity index (χ1v) is 9.83. The van der Waals surface area contributed by atoms with Crippen LogP contribution < -0.4 is 20.1 Å². The lowest BCUT2D eigenvalue weighted by Crippen LogP contribution is -2.28. The fourth-order valence-electron chi connectivity index (χ4n) is 2.48. The first kappa shape index (κ1) is 20.0. The van der Waals surface area contributed by atoms with Crippen LogP contribution in [0.2, 0.25) is 4.47 Å². The summed E-state index contributed by atoms with van der Waals surface area (Å²) in [6, 6.07) is 14.7. The molecule has 0 aliphatic carbocycles.